The second-order valence-electron chi connectivity index (χ2n) is 6.09. The van der Waals surface area contributed by atoms with Crippen molar-refractivity contribution < 1.29 is 9.53 Å². The Morgan fingerprint density at radius 1 is 1.50 bits per heavy atom. The Labute approximate surface area is 141 Å². The monoisotopic (exact) mass is 323 g/mol. The van der Waals surface area contributed by atoms with E-state index in [9.17, 15) is 10.1 Å². The van der Waals surface area contributed by atoms with Gasteiger partial charge in [-0.05, 0) is 31.9 Å². The van der Waals surface area contributed by atoms with E-state index in [1.54, 1.807) is 6.08 Å². The van der Waals surface area contributed by atoms with Gasteiger partial charge in [-0.15, -0.1) is 0 Å². The molecule has 1 aliphatic rings. The van der Waals surface area contributed by atoms with Crippen LogP contribution < -0.4 is 5.32 Å². The molecule has 1 N–H and O–H groups in total. The van der Waals surface area contributed by atoms with Crippen LogP contribution in [0.25, 0.3) is 17.0 Å². The Hall–Kier alpha value is -2.58. The van der Waals surface area contributed by atoms with Crippen molar-refractivity contribution >= 4 is 22.9 Å². The van der Waals surface area contributed by atoms with Crippen molar-refractivity contribution in [3.8, 4) is 6.07 Å². The molecule has 1 amide bonds. The summed E-state index contributed by atoms with van der Waals surface area (Å²) >= 11 is 0. The third-order valence-corrected chi connectivity index (χ3v) is 4.62. The molecule has 0 unspecified atom stereocenters. The summed E-state index contributed by atoms with van der Waals surface area (Å²) < 4.78 is 7.56. The molecule has 1 saturated heterocycles. The topological polar surface area (TPSA) is 67.1 Å². The number of hydrogen-bond acceptors (Lipinski definition) is 3. The van der Waals surface area contributed by atoms with Gasteiger partial charge in [0, 0.05) is 42.4 Å². The zero-order valence-electron chi connectivity index (χ0n) is 14.0. The molecule has 1 atom stereocenters. The molecule has 0 aliphatic carbocycles. The van der Waals surface area contributed by atoms with Crippen LogP contribution in [0.3, 0.4) is 0 Å². The summed E-state index contributed by atoms with van der Waals surface area (Å²) in [7, 11) is 1.98. The van der Waals surface area contributed by atoms with Gasteiger partial charge in [0.1, 0.15) is 11.6 Å². The van der Waals surface area contributed by atoms with E-state index in [1.807, 2.05) is 44.3 Å². The maximum atomic E-state index is 12.3. The minimum absolute atomic E-state index is 0.0631. The molecule has 5 heteroatoms. The maximum absolute atomic E-state index is 12.3. The second-order valence-corrected chi connectivity index (χ2v) is 6.09. The summed E-state index contributed by atoms with van der Waals surface area (Å²) in [5, 5.41) is 13.3. The molecule has 24 heavy (non-hydrogen) atoms. The van der Waals surface area contributed by atoms with Crippen molar-refractivity contribution in [3.63, 3.8) is 0 Å². The maximum Gasteiger partial charge on any atom is 0.262 e. The third kappa shape index (κ3) is 3.06. The number of nitriles is 1. The van der Waals surface area contributed by atoms with Gasteiger partial charge >= 0.3 is 0 Å². The highest BCUT2D eigenvalue weighted by molar-refractivity contribution is 6.04. The van der Waals surface area contributed by atoms with Crippen molar-refractivity contribution in [3.05, 3.63) is 41.1 Å². The molecule has 0 saturated carbocycles. The highest BCUT2D eigenvalue weighted by Gasteiger charge is 2.18. The lowest BCUT2D eigenvalue weighted by atomic mass is 10.1. The smallest absolute Gasteiger partial charge is 0.262 e. The van der Waals surface area contributed by atoms with Crippen molar-refractivity contribution in [2.75, 3.05) is 13.2 Å². The predicted octanol–water partition coefficient (Wildman–Crippen LogP) is 2.69. The van der Waals surface area contributed by atoms with E-state index in [1.165, 1.54) is 0 Å². The number of para-hydroxylation sites is 1. The fourth-order valence-electron chi connectivity index (χ4n) is 3.13. The summed E-state index contributed by atoms with van der Waals surface area (Å²) in [6, 6.07) is 10.0. The Balaban J connectivity index is 1.86. The molecule has 1 aromatic heterocycles. The summed E-state index contributed by atoms with van der Waals surface area (Å²) in [6.45, 7) is 3.19. The fraction of sp³-hybridized carbons (Fsp3) is 0.368. The molecule has 0 radical (unpaired) electrons. The molecule has 2 aromatic rings. The first-order valence-corrected chi connectivity index (χ1v) is 8.17. The van der Waals surface area contributed by atoms with Gasteiger partial charge in [0.25, 0.3) is 5.91 Å². The number of carbonyl (C=O) groups is 1. The van der Waals surface area contributed by atoms with E-state index >= 15 is 0 Å². The number of benzene rings is 1. The van der Waals surface area contributed by atoms with E-state index in [2.05, 4.69) is 9.88 Å². The van der Waals surface area contributed by atoms with Crippen LogP contribution >= 0.6 is 0 Å². The van der Waals surface area contributed by atoms with Crippen LogP contribution in [0.5, 0.6) is 0 Å². The van der Waals surface area contributed by atoms with Gasteiger partial charge in [-0.2, -0.15) is 5.26 Å². The molecule has 3 rings (SSSR count). The summed E-state index contributed by atoms with van der Waals surface area (Å²) in [4.78, 5) is 12.3. The number of carbonyl (C=O) groups excluding carboxylic acids is 1. The molecular weight excluding hydrogens is 302 g/mol. The predicted molar refractivity (Wildman–Crippen MR) is 93.2 cm³/mol. The molecule has 1 aromatic carbocycles. The Bertz CT molecular complexity index is 836. The number of fused-ring (bicyclic) bond motifs is 1. The van der Waals surface area contributed by atoms with E-state index in [0.717, 1.165) is 41.6 Å². The largest absolute Gasteiger partial charge is 0.376 e. The quantitative estimate of drug-likeness (QED) is 0.695. The molecule has 5 nitrogen and oxygen atoms in total. The van der Waals surface area contributed by atoms with E-state index in [-0.39, 0.29) is 17.6 Å². The van der Waals surface area contributed by atoms with Gasteiger partial charge in [-0.1, -0.05) is 18.2 Å². The first-order valence-electron chi connectivity index (χ1n) is 8.17. The van der Waals surface area contributed by atoms with E-state index < -0.39 is 0 Å². The number of aryl methyl sites for hydroxylation is 1. The zero-order chi connectivity index (χ0) is 17.1. The van der Waals surface area contributed by atoms with Crippen LogP contribution in [0.15, 0.2) is 29.8 Å². The molecule has 2 heterocycles. The zero-order valence-corrected chi connectivity index (χ0v) is 14.0. The number of rotatable bonds is 4. The molecule has 0 spiro atoms. The number of nitrogens with one attached hydrogen (secondary N) is 1. The molecular formula is C19H21N3O2. The fourth-order valence-corrected chi connectivity index (χ4v) is 3.13. The first kappa shape index (κ1) is 16.3. The van der Waals surface area contributed by atoms with E-state index in [0.29, 0.717) is 6.54 Å². The van der Waals surface area contributed by atoms with Crippen molar-refractivity contribution in [1.82, 2.24) is 9.88 Å². The van der Waals surface area contributed by atoms with Gasteiger partial charge in [-0.3, -0.25) is 4.79 Å². The lowest BCUT2D eigenvalue weighted by Crippen LogP contribution is -2.32. The first-order chi connectivity index (χ1) is 11.6. The minimum atomic E-state index is -0.347. The standard InChI is InChI=1S/C19H21N3O2/c1-13-17(16-7-3-4-8-18(16)22(13)2)10-14(11-20)19(23)21-12-15-6-5-9-24-15/h3-4,7-8,10,15H,5-6,9,12H2,1-2H3,(H,21,23)/b14-10+/t15-/m0/s1. The summed E-state index contributed by atoms with van der Waals surface area (Å²) in [5.41, 5.74) is 3.14. The van der Waals surface area contributed by atoms with Crippen LogP contribution in [0, 0.1) is 18.3 Å². The Morgan fingerprint density at radius 3 is 3.00 bits per heavy atom. The van der Waals surface area contributed by atoms with Crippen LogP contribution in [-0.2, 0) is 16.6 Å². The SMILES string of the molecule is Cc1c(/C=C(\C#N)C(=O)NC[C@@H]2CCCO2)c2ccccc2n1C. The van der Waals surface area contributed by atoms with Gasteiger partial charge in [0.05, 0.1) is 6.10 Å². The number of nitrogens with zero attached hydrogens (tertiary/aromatic N) is 2. The number of amides is 1. The van der Waals surface area contributed by atoms with Crippen LogP contribution in [0.2, 0.25) is 0 Å². The average Bonchev–Trinajstić information content (AvgIpc) is 3.20. The lowest BCUT2D eigenvalue weighted by Gasteiger charge is -2.10. The van der Waals surface area contributed by atoms with Crippen molar-refractivity contribution in [2.45, 2.75) is 25.9 Å². The van der Waals surface area contributed by atoms with Crippen LogP contribution in [-0.4, -0.2) is 29.7 Å². The molecule has 124 valence electrons. The van der Waals surface area contributed by atoms with Gasteiger partial charge in [0.15, 0.2) is 0 Å². The van der Waals surface area contributed by atoms with Crippen molar-refractivity contribution in [1.29, 1.82) is 5.26 Å². The van der Waals surface area contributed by atoms with Gasteiger partial charge in [0.2, 0.25) is 0 Å². The van der Waals surface area contributed by atoms with Gasteiger partial charge in [-0.25, -0.2) is 0 Å². The Morgan fingerprint density at radius 2 is 2.29 bits per heavy atom. The second kappa shape index (κ2) is 6.90. The molecule has 1 fully saturated rings. The number of hydrogen-bond donors (Lipinski definition) is 1. The third-order valence-electron chi connectivity index (χ3n) is 4.62. The minimum Gasteiger partial charge on any atom is -0.376 e. The highest BCUT2D eigenvalue weighted by atomic mass is 16.5. The van der Waals surface area contributed by atoms with Gasteiger partial charge < -0.3 is 14.6 Å². The van der Waals surface area contributed by atoms with Crippen LogP contribution in [0.1, 0.15) is 24.1 Å². The number of ether oxygens (including phenoxy) is 1. The van der Waals surface area contributed by atoms with Crippen LogP contribution in [0.4, 0.5) is 0 Å². The molecule has 0 bridgehead atoms. The number of aromatic nitrogens is 1. The highest BCUT2D eigenvalue weighted by Crippen LogP contribution is 2.26. The normalized spacial score (nSPS) is 17.9. The molecule has 1 aliphatic heterocycles. The Kier molecular flexibility index (Phi) is 4.68. The summed E-state index contributed by atoms with van der Waals surface area (Å²) in [6.07, 6.45) is 3.72. The summed E-state index contributed by atoms with van der Waals surface area (Å²) in [5.74, 6) is -0.347. The van der Waals surface area contributed by atoms with Crippen molar-refractivity contribution in [2.24, 2.45) is 7.05 Å². The average molecular weight is 323 g/mol. The lowest BCUT2D eigenvalue weighted by molar-refractivity contribution is -0.117. The van der Waals surface area contributed by atoms with E-state index in [4.69, 9.17) is 4.74 Å².